The number of hydrogen-bond donors (Lipinski definition) is 2. The van der Waals surface area contributed by atoms with Crippen LogP contribution in [0.15, 0.2) is 0 Å². The fraction of sp³-hybridized carbons (Fsp3) is 0.900. The van der Waals surface area contributed by atoms with E-state index in [9.17, 15) is 9.90 Å². The lowest BCUT2D eigenvalue weighted by molar-refractivity contribution is 0.0430. The number of aliphatic hydroxyl groups is 1. The molecule has 1 fully saturated rings. The molecule has 1 rings (SSSR count). The third kappa shape index (κ3) is 4.05. The molecule has 5 heteroatoms. The molecule has 2 N–H and O–H groups in total. The molecule has 2 atom stereocenters. The molecule has 1 amide bonds. The summed E-state index contributed by atoms with van der Waals surface area (Å²) in [5.41, 5.74) is -1.01. The van der Waals surface area contributed by atoms with E-state index in [4.69, 9.17) is 9.47 Å². The average molecular weight is 217 g/mol. The van der Waals surface area contributed by atoms with Crippen molar-refractivity contribution >= 4 is 6.09 Å². The Morgan fingerprint density at radius 3 is 2.60 bits per heavy atom. The number of amides is 1. The Morgan fingerprint density at radius 2 is 2.20 bits per heavy atom. The molecule has 1 heterocycles. The summed E-state index contributed by atoms with van der Waals surface area (Å²) in [5, 5.41) is 12.1. The quantitative estimate of drug-likeness (QED) is 0.681. The minimum absolute atomic E-state index is 0.144. The number of carbonyl (C=O) groups excluding carboxylic acids is 1. The van der Waals surface area contributed by atoms with Crippen molar-refractivity contribution in [2.75, 3.05) is 13.2 Å². The Balaban J connectivity index is 2.22. The van der Waals surface area contributed by atoms with E-state index in [0.29, 0.717) is 6.61 Å². The summed E-state index contributed by atoms with van der Waals surface area (Å²) >= 11 is 0. The van der Waals surface area contributed by atoms with E-state index in [1.807, 2.05) is 0 Å². The van der Waals surface area contributed by atoms with E-state index in [-0.39, 0.29) is 6.54 Å². The van der Waals surface area contributed by atoms with Gasteiger partial charge in [0.2, 0.25) is 0 Å². The van der Waals surface area contributed by atoms with Crippen LogP contribution >= 0.6 is 0 Å². The van der Waals surface area contributed by atoms with Crippen LogP contribution in [0.5, 0.6) is 0 Å². The molecule has 0 bridgehead atoms. The first-order valence-electron chi connectivity index (χ1n) is 5.02. The van der Waals surface area contributed by atoms with Gasteiger partial charge in [-0.05, 0) is 27.7 Å². The normalized spacial score (nSPS) is 27.0. The van der Waals surface area contributed by atoms with Crippen LogP contribution in [0, 0.1) is 0 Å². The van der Waals surface area contributed by atoms with E-state index in [1.165, 1.54) is 0 Å². The van der Waals surface area contributed by atoms with Crippen LogP contribution in [-0.2, 0) is 9.47 Å². The van der Waals surface area contributed by atoms with Crippen LogP contribution in [-0.4, -0.2) is 41.7 Å². The molecule has 0 aromatic rings. The molecule has 5 nitrogen and oxygen atoms in total. The standard InChI is InChI=1S/C10H19NO4/c1-9(2,3)15-8(13)11-5-7(12)10(4)6-14-10/h7,12H,5-6H2,1-4H3,(H,11,13). The fourth-order valence-corrected chi connectivity index (χ4v) is 1.02. The highest BCUT2D eigenvalue weighted by Crippen LogP contribution is 2.29. The van der Waals surface area contributed by atoms with Crippen molar-refractivity contribution in [1.29, 1.82) is 0 Å². The fourth-order valence-electron chi connectivity index (χ4n) is 1.02. The van der Waals surface area contributed by atoms with E-state index in [1.54, 1.807) is 27.7 Å². The van der Waals surface area contributed by atoms with Crippen molar-refractivity contribution < 1.29 is 19.4 Å². The minimum atomic E-state index is -0.690. The Kier molecular flexibility index (Phi) is 3.25. The summed E-state index contributed by atoms with van der Waals surface area (Å²) in [6.07, 6.45) is -1.21. The molecule has 1 saturated heterocycles. The second-order valence-electron chi connectivity index (χ2n) is 5.00. The molecule has 1 aliphatic heterocycles. The van der Waals surface area contributed by atoms with E-state index in [2.05, 4.69) is 5.32 Å². The molecule has 88 valence electrons. The molecule has 2 unspecified atom stereocenters. The Bertz CT molecular complexity index is 242. The lowest BCUT2D eigenvalue weighted by Crippen LogP contribution is -2.41. The lowest BCUT2D eigenvalue weighted by atomic mass is 10.1. The van der Waals surface area contributed by atoms with Crippen LogP contribution in [0.1, 0.15) is 27.7 Å². The molecule has 0 spiro atoms. The molecule has 1 aliphatic rings. The maximum absolute atomic E-state index is 11.2. The molecule has 0 aliphatic carbocycles. The van der Waals surface area contributed by atoms with Gasteiger partial charge in [0.25, 0.3) is 0 Å². The maximum atomic E-state index is 11.2. The number of aliphatic hydroxyl groups excluding tert-OH is 1. The number of hydrogen-bond acceptors (Lipinski definition) is 4. The lowest BCUT2D eigenvalue weighted by Gasteiger charge is -2.21. The van der Waals surface area contributed by atoms with E-state index in [0.717, 1.165) is 0 Å². The molecule has 0 aromatic heterocycles. The van der Waals surface area contributed by atoms with Gasteiger partial charge in [0.15, 0.2) is 0 Å². The number of rotatable bonds is 3. The summed E-state index contributed by atoms with van der Waals surface area (Å²) < 4.78 is 10.1. The van der Waals surface area contributed by atoms with Crippen LogP contribution in [0.3, 0.4) is 0 Å². The van der Waals surface area contributed by atoms with Crippen LogP contribution in [0.2, 0.25) is 0 Å². The van der Waals surface area contributed by atoms with Crippen molar-refractivity contribution in [2.45, 2.75) is 45.0 Å². The topological polar surface area (TPSA) is 71.1 Å². The van der Waals surface area contributed by atoms with Crippen molar-refractivity contribution in [3.63, 3.8) is 0 Å². The summed E-state index contributed by atoms with van der Waals surface area (Å²) in [7, 11) is 0. The Hall–Kier alpha value is -0.810. The van der Waals surface area contributed by atoms with Gasteiger partial charge in [-0.25, -0.2) is 4.79 Å². The molecule has 15 heavy (non-hydrogen) atoms. The van der Waals surface area contributed by atoms with Gasteiger partial charge in [-0.3, -0.25) is 0 Å². The molecule has 0 radical (unpaired) electrons. The largest absolute Gasteiger partial charge is 0.444 e. The highest BCUT2D eigenvalue weighted by molar-refractivity contribution is 5.67. The van der Waals surface area contributed by atoms with Gasteiger partial charge in [-0.15, -0.1) is 0 Å². The minimum Gasteiger partial charge on any atom is -0.444 e. The third-order valence-corrected chi connectivity index (χ3v) is 2.14. The highest BCUT2D eigenvalue weighted by Gasteiger charge is 2.46. The maximum Gasteiger partial charge on any atom is 0.407 e. The summed E-state index contributed by atoms with van der Waals surface area (Å²) in [5.74, 6) is 0. The molecule has 0 aromatic carbocycles. The van der Waals surface area contributed by atoms with Gasteiger partial charge >= 0.3 is 6.09 Å². The summed E-state index contributed by atoms with van der Waals surface area (Å²) in [4.78, 5) is 11.2. The van der Waals surface area contributed by atoms with Gasteiger partial charge in [0.05, 0.1) is 6.61 Å². The van der Waals surface area contributed by atoms with Crippen LogP contribution in [0.4, 0.5) is 4.79 Å². The van der Waals surface area contributed by atoms with Gasteiger partial charge in [0, 0.05) is 6.54 Å². The molecule has 0 saturated carbocycles. The van der Waals surface area contributed by atoms with Gasteiger partial charge in [-0.1, -0.05) is 0 Å². The predicted octanol–water partition coefficient (Wildman–Crippen LogP) is 0.661. The van der Waals surface area contributed by atoms with Crippen molar-refractivity contribution in [3.05, 3.63) is 0 Å². The van der Waals surface area contributed by atoms with Crippen LogP contribution < -0.4 is 5.32 Å². The van der Waals surface area contributed by atoms with Gasteiger partial charge < -0.3 is 19.9 Å². The zero-order valence-electron chi connectivity index (χ0n) is 9.66. The second-order valence-corrected chi connectivity index (χ2v) is 5.00. The second kappa shape index (κ2) is 3.98. The number of alkyl carbamates (subject to hydrolysis) is 1. The molecular weight excluding hydrogens is 198 g/mol. The van der Waals surface area contributed by atoms with Crippen molar-refractivity contribution in [3.8, 4) is 0 Å². The van der Waals surface area contributed by atoms with Crippen molar-refractivity contribution in [1.82, 2.24) is 5.32 Å². The number of ether oxygens (including phenoxy) is 2. The van der Waals surface area contributed by atoms with E-state index >= 15 is 0 Å². The average Bonchev–Trinajstić information content (AvgIpc) is 2.77. The van der Waals surface area contributed by atoms with Crippen molar-refractivity contribution in [2.24, 2.45) is 0 Å². The zero-order valence-corrected chi connectivity index (χ0v) is 9.66. The first-order valence-corrected chi connectivity index (χ1v) is 5.02. The number of carbonyl (C=O) groups is 1. The van der Waals surface area contributed by atoms with Gasteiger partial charge in [0.1, 0.15) is 17.3 Å². The molecular formula is C10H19NO4. The highest BCUT2D eigenvalue weighted by atomic mass is 16.6. The Morgan fingerprint density at radius 1 is 1.67 bits per heavy atom. The van der Waals surface area contributed by atoms with E-state index < -0.39 is 23.4 Å². The Labute approximate surface area is 89.8 Å². The predicted molar refractivity (Wildman–Crippen MR) is 54.6 cm³/mol. The zero-order chi connectivity index (χ0) is 11.7. The first-order chi connectivity index (χ1) is 6.73. The monoisotopic (exact) mass is 217 g/mol. The third-order valence-electron chi connectivity index (χ3n) is 2.14. The number of nitrogens with one attached hydrogen (secondary N) is 1. The summed E-state index contributed by atoms with van der Waals surface area (Å²) in [6.45, 7) is 7.83. The van der Waals surface area contributed by atoms with Crippen LogP contribution in [0.25, 0.3) is 0 Å². The first kappa shape index (κ1) is 12.3. The summed E-state index contributed by atoms with van der Waals surface area (Å²) in [6, 6.07) is 0. The smallest absolute Gasteiger partial charge is 0.407 e. The SMILES string of the molecule is CC(C)(C)OC(=O)NCC(O)C1(C)CO1. The van der Waals surface area contributed by atoms with Gasteiger partial charge in [-0.2, -0.15) is 0 Å². The number of epoxide rings is 1.